The van der Waals surface area contributed by atoms with Gasteiger partial charge < -0.3 is 5.11 Å². The Hall–Kier alpha value is -2.15. The molecule has 0 aliphatic heterocycles. The lowest BCUT2D eigenvalue weighted by Gasteiger charge is -2.06. The number of aryl methyl sites for hydroxylation is 1. The summed E-state index contributed by atoms with van der Waals surface area (Å²) in [5.41, 5.74) is 5.57. The van der Waals surface area contributed by atoms with Crippen molar-refractivity contribution in [2.45, 2.75) is 6.92 Å². The molecule has 0 heterocycles. The molecule has 0 aliphatic carbocycles. The number of carboxylic acid groups (broad SMARTS) is 1. The molecule has 0 aliphatic rings. The first-order chi connectivity index (χ1) is 8.90. The SMILES string of the molecule is Cc1ccc(C(=O)NNC(=O)/C=C\C(=O)O)cc1Br. The molecule has 0 spiro atoms. The van der Waals surface area contributed by atoms with Gasteiger partial charge in [0.2, 0.25) is 0 Å². The average molecular weight is 327 g/mol. The summed E-state index contributed by atoms with van der Waals surface area (Å²) in [7, 11) is 0. The number of amides is 2. The van der Waals surface area contributed by atoms with Crippen molar-refractivity contribution in [2.75, 3.05) is 0 Å². The van der Waals surface area contributed by atoms with Crippen LogP contribution in [-0.2, 0) is 9.59 Å². The molecule has 1 rings (SSSR count). The maximum absolute atomic E-state index is 11.7. The number of carboxylic acids is 1. The van der Waals surface area contributed by atoms with Gasteiger partial charge in [-0.15, -0.1) is 0 Å². The lowest BCUT2D eigenvalue weighted by molar-refractivity contribution is -0.131. The predicted molar refractivity (Wildman–Crippen MR) is 71.3 cm³/mol. The Bertz CT molecular complexity index is 555. The Kier molecular flexibility index (Phi) is 5.25. The Labute approximate surface area is 117 Å². The van der Waals surface area contributed by atoms with Crippen molar-refractivity contribution in [3.8, 4) is 0 Å². The van der Waals surface area contributed by atoms with Crippen molar-refractivity contribution in [1.29, 1.82) is 0 Å². The fraction of sp³-hybridized carbons (Fsp3) is 0.0833. The van der Waals surface area contributed by atoms with Crippen LogP contribution in [0.15, 0.2) is 34.8 Å². The van der Waals surface area contributed by atoms with Crippen LogP contribution in [0.3, 0.4) is 0 Å². The van der Waals surface area contributed by atoms with E-state index in [1.165, 1.54) is 0 Å². The number of nitrogens with one attached hydrogen (secondary N) is 2. The summed E-state index contributed by atoms with van der Waals surface area (Å²) in [5.74, 6) is -2.48. The van der Waals surface area contributed by atoms with E-state index < -0.39 is 17.8 Å². The zero-order valence-electron chi connectivity index (χ0n) is 9.94. The number of halogens is 1. The maximum atomic E-state index is 11.7. The topological polar surface area (TPSA) is 95.5 Å². The molecule has 0 saturated heterocycles. The summed E-state index contributed by atoms with van der Waals surface area (Å²) >= 11 is 3.29. The molecule has 7 heteroatoms. The molecule has 1 aromatic carbocycles. The summed E-state index contributed by atoms with van der Waals surface area (Å²) in [6.45, 7) is 1.88. The quantitative estimate of drug-likeness (QED) is 0.573. The third-order valence-electron chi connectivity index (χ3n) is 2.11. The Balaban J connectivity index is 2.58. The minimum absolute atomic E-state index is 0.361. The monoisotopic (exact) mass is 326 g/mol. The second kappa shape index (κ2) is 6.69. The number of carbonyl (C=O) groups is 3. The van der Waals surface area contributed by atoms with E-state index in [1.54, 1.807) is 18.2 Å². The van der Waals surface area contributed by atoms with Crippen LogP contribution in [0.4, 0.5) is 0 Å². The minimum Gasteiger partial charge on any atom is -0.478 e. The van der Waals surface area contributed by atoms with E-state index in [4.69, 9.17) is 5.11 Å². The van der Waals surface area contributed by atoms with Gasteiger partial charge in [0, 0.05) is 22.2 Å². The highest BCUT2D eigenvalue weighted by Crippen LogP contribution is 2.17. The number of aliphatic carboxylic acids is 1. The molecule has 0 atom stereocenters. The van der Waals surface area contributed by atoms with Crippen LogP contribution in [0.5, 0.6) is 0 Å². The molecule has 0 saturated carbocycles. The van der Waals surface area contributed by atoms with Crippen molar-refractivity contribution in [1.82, 2.24) is 10.9 Å². The zero-order valence-corrected chi connectivity index (χ0v) is 11.5. The van der Waals surface area contributed by atoms with E-state index in [0.717, 1.165) is 16.1 Å². The van der Waals surface area contributed by atoms with E-state index in [1.807, 2.05) is 6.92 Å². The number of hydrogen-bond acceptors (Lipinski definition) is 3. The van der Waals surface area contributed by atoms with Crippen molar-refractivity contribution in [3.63, 3.8) is 0 Å². The molecule has 2 amide bonds. The van der Waals surface area contributed by atoms with Crippen LogP contribution in [0.1, 0.15) is 15.9 Å². The maximum Gasteiger partial charge on any atom is 0.328 e. The van der Waals surface area contributed by atoms with Gasteiger partial charge in [-0.3, -0.25) is 20.4 Å². The van der Waals surface area contributed by atoms with Crippen molar-refractivity contribution < 1.29 is 19.5 Å². The van der Waals surface area contributed by atoms with E-state index in [0.29, 0.717) is 11.6 Å². The smallest absolute Gasteiger partial charge is 0.328 e. The third kappa shape index (κ3) is 4.92. The van der Waals surface area contributed by atoms with Gasteiger partial charge in [0.15, 0.2) is 0 Å². The van der Waals surface area contributed by atoms with Crippen molar-refractivity contribution >= 4 is 33.7 Å². The number of carbonyl (C=O) groups excluding carboxylic acids is 2. The van der Waals surface area contributed by atoms with Gasteiger partial charge in [-0.2, -0.15) is 0 Å². The number of rotatable bonds is 3. The molecule has 0 fully saturated rings. The third-order valence-corrected chi connectivity index (χ3v) is 2.96. The highest BCUT2D eigenvalue weighted by atomic mass is 79.9. The molecule has 19 heavy (non-hydrogen) atoms. The van der Waals surface area contributed by atoms with Gasteiger partial charge in [-0.05, 0) is 24.6 Å². The standard InChI is InChI=1S/C12H11BrN2O4/c1-7-2-3-8(6-9(7)13)12(19)15-14-10(16)4-5-11(17)18/h2-6H,1H3,(H,14,16)(H,15,19)(H,17,18)/b5-4-. The second-order valence-corrected chi connectivity index (χ2v) is 4.43. The van der Waals surface area contributed by atoms with E-state index in [9.17, 15) is 14.4 Å². The number of hydrogen-bond donors (Lipinski definition) is 3. The summed E-state index contributed by atoms with van der Waals surface area (Å²) in [4.78, 5) is 33.0. The summed E-state index contributed by atoms with van der Waals surface area (Å²) in [6, 6.07) is 4.98. The molecule has 0 bridgehead atoms. The first-order valence-electron chi connectivity index (χ1n) is 5.17. The van der Waals surface area contributed by atoms with Gasteiger partial charge in [0.05, 0.1) is 0 Å². The van der Waals surface area contributed by atoms with Crippen LogP contribution >= 0.6 is 15.9 Å². The van der Waals surface area contributed by atoms with Crippen molar-refractivity contribution in [2.24, 2.45) is 0 Å². The lowest BCUT2D eigenvalue weighted by Crippen LogP contribution is -2.40. The molecule has 0 radical (unpaired) electrons. The Morgan fingerprint density at radius 3 is 2.47 bits per heavy atom. The largest absolute Gasteiger partial charge is 0.478 e. The summed E-state index contributed by atoms with van der Waals surface area (Å²) in [6.07, 6.45) is 1.47. The first kappa shape index (κ1) is 14.9. The predicted octanol–water partition coefficient (Wildman–Crippen LogP) is 1.16. The van der Waals surface area contributed by atoms with Gasteiger partial charge in [0.25, 0.3) is 11.8 Å². The van der Waals surface area contributed by atoms with Crippen LogP contribution in [0.2, 0.25) is 0 Å². The highest BCUT2D eigenvalue weighted by Gasteiger charge is 2.07. The van der Waals surface area contributed by atoms with Gasteiger partial charge in [0.1, 0.15) is 0 Å². The van der Waals surface area contributed by atoms with Gasteiger partial charge in [-0.1, -0.05) is 22.0 Å². The van der Waals surface area contributed by atoms with E-state index >= 15 is 0 Å². The van der Waals surface area contributed by atoms with E-state index in [2.05, 4.69) is 26.8 Å². The molecule has 6 nitrogen and oxygen atoms in total. The number of benzene rings is 1. The zero-order chi connectivity index (χ0) is 14.4. The second-order valence-electron chi connectivity index (χ2n) is 3.58. The molecule has 100 valence electrons. The van der Waals surface area contributed by atoms with Crippen LogP contribution in [0.25, 0.3) is 0 Å². The molecule has 0 unspecified atom stereocenters. The van der Waals surface area contributed by atoms with Crippen molar-refractivity contribution in [3.05, 3.63) is 46.0 Å². The highest BCUT2D eigenvalue weighted by molar-refractivity contribution is 9.10. The molecular weight excluding hydrogens is 316 g/mol. The normalized spacial score (nSPS) is 10.2. The Morgan fingerprint density at radius 1 is 1.21 bits per heavy atom. The molecular formula is C12H11BrN2O4. The Morgan fingerprint density at radius 2 is 1.89 bits per heavy atom. The first-order valence-corrected chi connectivity index (χ1v) is 5.97. The van der Waals surface area contributed by atoms with E-state index in [-0.39, 0.29) is 0 Å². The minimum atomic E-state index is -1.25. The van der Waals surface area contributed by atoms with Crippen LogP contribution < -0.4 is 10.9 Å². The molecule has 0 aromatic heterocycles. The molecule has 3 N–H and O–H groups in total. The fourth-order valence-electron chi connectivity index (χ4n) is 1.11. The molecule has 1 aromatic rings. The number of hydrazine groups is 1. The van der Waals surface area contributed by atoms with Crippen LogP contribution in [0, 0.1) is 6.92 Å². The van der Waals surface area contributed by atoms with Gasteiger partial charge >= 0.3 is 5.97 Å². The van der Waals surface area contributed by atoms with Crippen LogP contribution in [-0.4, -0.2) is 22.9 Å². The lowest BCUT2D eigenvalue weighted by atomic mass is 10.1. The average Bonchev–Trinajstić information content (AvgIpc) is 2.36. The summed E-state index contributed by atoms with van der Waals surface area (Å²) in [5, 5.41) is 8.31. The fourth-order valence-corrected chi connectivity index (χ4v) is 1.49. The van der Waals surface area contributed by atoms with Gasteiger partial charge in [-0.25, -0.2) is 4.79 Å². The summed E-state index contributed by atoms with van der Waals surface area (Å²) < 4.78 is 0.775.